The molecule has 0 spiro atoms. The highest BCUT2D eigenvalue weighted by Crippen LogP contribution is 2.23. The van der Waals surface area contributed by atoms with Crippen molar-refractivity contribution in [2.45, 2.75) is 20.3 Å². The molecule has 0 aliphatic carbocycles. The van der Waals surface area contributed by atoms with Crippen molar-refractivity contribution in [2.75, 3.05) is 24.8 Å². The average molecular weight is 222 g/mol. The van der Waals surface area contributed by atoms with Gasteiger partial charge in [0.2, 0.25) is 5.91 Å². The molecule has 4 heteroatoms. The third kappa shape index (κ3) is 3.24. The van der Waals surface area contributed by atoms with Crippen LogP contribution in [0.15, 0.2) is 12.1 Å². The van der Waals surface area contributed by atoms with Crippen LogP contribution in [0, 0.1) is 13.8 Å². The van der Waals surface area contributed by atoms with Crippen molar-refractivity contribution in [3.05, 3.63) is 23.3 Å². The summed E-state index contributed by atoms with van der Waals surface area (Å²) in [5.74, 6) is -0.0437. The van der Waals surface area contributed by atoms with Gasteiger partial charge in [0.05, 0.1) is 13.0 Å². The number of hydrogen-bond acceptors (Lipinski definition) is 3. The van der Waals surface area contributed by atoms with E-state index in [4.69, 9.17) is 10.5 Å². The van der Waals surface area contributed by atoms with Gasteiger partial charge in [0.15, 0.2) is 0 Å². The van der Waals surface area contributed by atoms with Gasteiger partial charge in [-0.2, -0.15) is 0 Å². The van der Waals surface area contributed by atoms with Crippen LogP contribution in [-0.2, 0) is 9.53 Å². The predicted molar refractivity (Wildman–Crippen MR) is 65.5 cm³/mol. The summed E-state index contributed by atoms with van der Waals surface area (Å²) in [7, 11) is 1.58. The monoisotopic (exact) mass is 222 g/mol. The van der Waals surface area contributed by atoms with Crippen LogP contribution in [0.5, 0.6) is 0 Å². The topological polar surface area (TPSA) is 64.3 Å². The molecule has 1 amide bonds. The molecule has 0 aromatic heterocycles. The molecule has 0 atom stereocenters. The largest absolute Gasteiger partial charge is 0.399 e. The molecule has 0 saturated heterocycles. The molecule has 1 aromatic carbocycles. The van der Waals surface area contributed by atoms with Gasteiger partial charge in [-0.25, -0.2) is 0 Å². The summed E-state index contributed by atoms with van der Waals surface area (Å²) in [6.07, 6.45) is 0.361. The Hall–Kier alpha value is -1.55. The predicted octanol–water partition coefficient (Wildman–Crippen LogP) is 1.86. The number of benzene rings is 1. The fraction of sp³-hybridized carbons (Fsp3) is 0.417. The standard InChI is InChI=1S/C12H18N2O2/c1-8-6-10(13)7-9(2)12(8)14-11(15)4-5-16-3/h6-7H,4-5,13H2,1-3H3,(H,14,15). The first-order chi connectivity index (χ1) is 7.54. The van der Waals surface area contributed by atoms with Gasteiger partial charge < -0.3 is 15.8 Å². The van der Waals surface area contributed by atoms with E-state index in [2.05, 4.69) is 5.32 Å². The average Bonchev–Trinajstić information content (AvgIpc) is 2.20. The van der Waals surface area contributed by atoms with Crippen LogP contribution < -0.4 is 11.1 Å². The number of nitrogens with two attached hydrogens (primary N) is 1. The number of amides is 1. The van der Waals surface area contributed by atoms with Crippen molar-refractivity contribution in [1.82, 2.24) is 0 Å². The molecule has 0 heterocycles. The summed E-state index contributed by atoms with van der Waals surface area (Å²) in [6, 6.07) is 3.69. The Balaban J connectivity index is 2.77. The second-order valence-electron chi connectivity index (χ2n) is 3.82. The lowest BCUT2D eigenvalue weighted by Crippen LogP contribution is -2.15. The van der Waals surface area contributed by atoms with E-state index in [1.54, 1.807) is 7.11 Å². The van der Waals surface area contributed by atoms with Crippen LogP contribution in [0.1, 0.15) is 17.5 Å². The summed E-state index contributed by atoms with van der Waals surface area (Å²) >= 11 is 0. The molecule has 4 nitrogen and oxygen atoms in total. The number of rotatable bonds is 4. The van der Waals surface area contributed by atoms with Crippen LogP contribution in [-0.4, -0.2) is 19.6 Å². The normalized spacial score (nSPS) is 10.2. The summed E-state index contributed by atoms with van der Waals surface area (Å²) in [5.41, 5.74) is 9.21. The number of methoxy groups -OCH3 is 1. The van der Waals surface area contributed by atoms with Gasteiger partial charge in [0, 0.05) is 18.5 Å². The summed E-state index contributed by atoms with van der Waals surface area (Å²) in [6.45, 7) is 4.28. The van der Waals surface area contributed by atoms with Crippen LogP contribution in [0.4, 0.5) is 11.4 Å². The van der Waals surface area contributed by atoms with Crippen LogP contribution in [0.3, 0.4) is 0 Å². The lowest BCUT2D eigenvalue weighted by molar-refractivity contribution is -0.117. The first kappa shape index (κ1) is 12.5. The number of nitrogens with one attached hydrogen (secondary N) is 1. The lowest BCUT2D eigenvalue weighted by atomic mass is 10.1. The summed E-state index contributed by atoms with van der Waals surface area (Å²) in [5, 5.41) is 2.87. The highest BCUT2D eigenvalue weighted by atomic mass is 16.5. The highest BCUT2D eigenvalue weighted by Gasteiger charge is 2.07. The Morgan fingerprint density at radius 2 is 1.94 bits per heavy atom. The Labute approximate surface area is 95.8 Å². The molecule has 0 fully saturated rings. The number of aryl methyl sites for hydroxylation is 2. The van der Waals surface area contributed by atoms with Gasteiger partial charge in [0.25, 0.3) is 0 Å². The molecule has 1 aromatic rings. The van der Waals surface area contributed by atoms with E-state index in [1.165, 1.54) is 0 Å². The Morgan fingerprint density at radius 3 is 2.44 bits per heavy atom. The van der Waals surface area contributed by atoms with E-state index in [0.717, 1.165) is 16.8 Å². The van der Waals surface area contributed by atoms with E-state index < -0.39 is 0 Å². The number of ether oxygens (including phenoxy) is 1. The first-order valence-electron chi connectivity index (χ1n) is 5.20. The minimum absolute atomic E-state index is 0.0437. The van der Waals surface area contributed by atoms with E-state index in [-0.39, 0.29) is 5.91 Å². The lowest BCUT2D eigenvalue weighted by Gasteiger charge is -2.12. The number of anilines is 2. The molecule has 0 bridgehead atoms. The zero-order valence-corrected chi connectivity index (χ0v) is 9.96. The van der Waals surface area contributed by atoms with E-state index in [0.29, 0.717) is 18.7 Å². The fourth-order valence-corrected chi connectivity index (χ4v) is 1.59. The number of hydrogen-bond donors (Lipinski definition) is 2. The van der Waals surface area contributed by atoms with Gasteiger partial charge in [-0.1, -0.05) is 0 Å². The Morgan fingerprint density at radius 1 is 1.38 bits per heavy atom. The number of carbonyl (C=O) groups excluding carboxylic acids is 1. The quantitative estimate of drug-likeness (QED) is 0.764. The van der Waals surface area contributed by atoms with Gasteiger partial charge >= 0.3 is 0 Å². The number of carbonyl (C=O) groups is 1. The minimum Gasteiger partial charge on any atom is -0.399 e. The molecular formula is C12H18N2O2. The molecule has 0 saturated carbocycles. The van der Waals surface area contributed by atoms with E-state index in [9.17, 15) is 4.79 Å². The zero-order valence-electron chi connectivity index (χ0n) is 9.96. The maximum absolute atomic E-state index is 11.5. The van der Waals surface area contributed by atoms with Gasteiger partial charge in [0.1, 0.15) is 0 Å². The molecule has 16 heavy (non-hydrogen) atoms. The maximum Gasteiger partial charge on any atom is 0.226 e. The molecule has 0 aliphatic rings. The molecule has 0 unspecified atom stereocenters. The van der Waals surface area contributed by atoms with Crippen LogP contribution in [0.2, 0.25) is 0 Å². The molecular weight excluding hydrogens is 204 g/mol. The van der Waals surface area contributed by atoms with Gasteiger partial charge in [-0.05, 0) is 37.1 Å². The van der Waals surface area contributed by atoms with Crippen molar-refractivity contribution < 1.29 is 9.53 Å². The second-order valence-corrected chi connectivity index (χ2v) is 3.82. The van der Waals surface area contributed by atoms with Crippen molar-refractivity contribution in [2.24, 2.45) is 0 Å². The van der Waals surface area contributed by atoms with Crippen molar-refractivity contribution in [3.63, 3.8) is 0 Å². The molecule has 0 radical (unpaired) electrons. The van der Waals surface area contributed by atoms with Crippen molar-refractivity contribution in [3.8, 4) is 0 Å². The van der Waals surface area contributed by atoms with Gasteiger partial charge in [-0.15, -0.1) is 0 Å². The summed E-state index contributed by atoms with van der Waals surface area (Å²) in [4.78, 5) is 11.5. The molecule has 3 N–H and O–H groups in total. The SMILES string of the molecule is COCCC(=O)Nc1c(C)cc(N)cc1C. The zero-order chi connectivity index (χ0) is 12.1. The smallest absolute Gasteiger partial charge is 0.226 e. The van der Waals surface area contributed by atoms with Crippen LogP contribution in [0.25, 0.3) is 0 Å². The second kappa shape index (κ2) is 5.51. The molecule has 1 rings (SSSR count). The van der Waals surface area contributed by atoms with E-state index in [1.807, 2.05) is 26.0 Å². The van der Waals surface area contributed by atoms with Gasteiger partial charge in [-0.3, -0.25) is 4.79 Å². The third-order valence-electron chi connectivity index (χ3n) is 2.35. The van der Waals surface area contributed by atoms with E-state index >= 15 is 0 Å². The van der Waals surface area contributed by atoms with Crippen molar-refractivity contribution >= 4 is 17.3 Å². The maximum atomic E-state index is 11.5. The first-order valence-corrected chi connectivity index (χ1v) is 5.20. The Bertz CT molecular complexity index is 366. The highest BCUT2D eigenvalue weighted by molar-refractivity contribution is 5.92. The van der Waals surface area contributed by atoms with Crippen LogP contribution >= 0.6 is 0 Å². The molecule has 0 aliphatic heterocycles. The minimum atomic E-state index is -0.0437. The fourth-order valence-electron chi connectivity index (χ4n) is 1.59. The number of nitrogen functional groups attached to an aromatic ring is 1. The Kier molecular flexibility index (Phi) is 4.31. The molecule has 88 valence electrons. The van der Waals surface area contributed by atoms with Crippen molar-refractivity contribution in [1.29, 1.82) is 0 Å². The third-order valence-corrected chi connectivity index (χ3v) is 2.35. The summed E-state index contributed by atoms with van der Waals surface area (Å²) < 4.78 is 4.85.